The number of methoxy groups -OCH3 is 1. The van der Waals surface area contributed by atoms with Crippen LogP contribution in [0.4, 0.5) is 15.8 Å². The molecule has 0 heterocycles. The highest BCUT2D eigenvalue weighted by molar-refractivity contribution is 5.70. The van der Waals surface area contributed by atoms with Crippen molar-refractivity contribution in [1.29, 1.82) is 0 Å². The van der Waals surface area contributed by atoms with E-state index in [9.17, 15) is 4.39 Å². The topological polar surface area (TPSA) is 38.5 Å². The summed E-state index contributed by atoms with van der Waals surface area (Å²) in [6.07, 6.45) is 0. The lowest BCUT2D eigenvalue weighted by atomic mass is 10.0. The Hall–Kier alpha value is -1.45. The molecule has 0 aliphatic carbocycles. The molecule has 0 aliphatic rings. The van der Waals surface area contributed by atoms with Gasteiger partial charge in [-0.15, -0.1) is 0 Å². The van der Waals surface area contributed by atoms with Gasteiger partial charge in [0.1, 0.15) is 0 Å². The Morgan fingerprint density at radius 3 is 2.35 bits per heavy atom. The molecule has 0 bridgehead atoms. The minimum Gasteiger partial charge on any atom is -0.494 e. The van der Waals surface area contributed by atoms with Crippen molar-refractivity contribution in [2.45, 2.75) is 26.8 Å². The van der Waals surface area contributed by atoms with E-state index in [0.29, 0.717) is 17.6 Å². The molecule has 1 aromatic carbocycles. The standard InChI is InChI=1S/C13H21FN2O/c1-8(2)9(3)16(4)12-7-13(17-5)10(14)6-11(12)15/h6-9H,15H2,1-5H3. The third-order valence-corrected chi connectivity index (χ3v) is 3.26. The Balaban J connectivity index is 3.13. The minimum atomic E-state index is -0.431. The molecule has 1 rings (SSSR count). The van der Waals surface area contributed by atoms with Crippen LogP contribution in [-0.2, 0) is 0 Å². The number of nitrogens with two attached hydrogens (primary N) is 1. The third-order valence-electron chi connectivity index (χ3n) is 3.26. The van der Waals surface area contributed by atoms with Gasteiger partial charge in [-0.25, -0.2) is 4.39 Å². The fourth-order valence-electron chi connectivity index (χ4n) is 1.69. The summed E-state index contributed by atoms with van der Waals surface area (Å²) in [4.78, 5) is 2.04. The second-order valence-corrected chi connectivity index (χ2v) is 4.64. The Morgan fingerprint density at radius 1 is 1.29 bits per heavy atom. The van der Waals surface area contributed by atoms with E-state index in [2.05, 4.69) is 20.8 Å². The summed E-state index contributed by atoms with van der Waals surface area (Å²) in [7, 11) is 3.40. The van der Waals surface area contributed by atoms with Crippen molar-refractivity contribution in [1.82, 2.24) is 0 Å². The lowest BCUT2D eigenvalue weighted by molar-refractivity contribution is 0.386. The molecule has 1 unspecified atom stereocenters. The summed E-state index contributed by atoms with van der Waals surface area (Å²) in [6.45, 7) is 6.39. The number of anilines is 2. The van der Waals surface area contributed by atoms with E-state index in [1.165, 1.54) is 13.2 Å². The summed E-state index contributed by atoms with van der Waals surface area (Å²) in [5.74, 6) is 0.270. The van der Waals surface area contributed by atoms with Gasteiger partial charge in [0, 0.05) is 25.2 Å². The average molecular weight is 240 g/mol. The van der Waals surface area contributed by atoms with Gasteiger partial charge in [-0.05, 0) is 12.8 Å². The van der Waals surface area contributed by atoms with Gasteiger partial charge in [0.2, 0.25) is 0 Å². The third kappa shape index (κ3) is 2.81. The summed E-state index contributed by atoms with van der Waals surface area (Å²) in [5.41, 5.74) is 7.07. The quantitative estimate of drug-likeness (QED) is 0.822. The van der Waals surface area contributed by atoms with E-state index < -0.39 is 5.82 Å². The van der Waals surface area contributed by atoms with Crippen LogP contribution in [0, 0.1) is 11.7 Å². The molecule has 4 heteroatoms. The fourth-order valence-corrected chi connectivity index (χ4v) is 1.69. The van der Waals surface area contributed by atoms with Gasteiger partial charge in [-0.3, -0.25) is 0 Å². The van der Waals surface area contributed by atoms with E-state index in [-0.39, 0.29) is 5.75 Å². The van der Waals surface area contributed by atoms with Gasteiger partial charge < -0.3 is 15.4 Å². The van der Waals surface area contributed by atoms with Gasteiger partial charge in [-0.1, -0.05) is 13.8 Å². The van der Waals surface area contributed by atoms with E-state index in [1.54, 1.807) is 6.07 Å². The fraction of sp³-hybridized carbons (Fsp3) is 0.538. The molecule has 96 valence electrons. The first-order valence-electron chi connectivity index (χ1n) is 5.74. The summed E-state index contributed by atoms with van der Waals surface area (Å²) < 4.78 is 18.4. The van der Waals surface area contributed by atoms with Crippen LogP contribution < -0.4 is 15.4 Å². The number of halogens is 1. The molecule has 0 amide bonds. The van der Waals surface area contributed by atoms with Gasteiger partial charge in [0.05, 0.1) is 18.5 Å². The summed E-state index contributed by atoms with van der Waals surface area (Å²) in [5, 5.41) is 0. The Labute approximate surface area is 102 Å². The largest absolute Gasteiger partial charge is 0.494 e. The minimum absolute atomic E-state index is 0.219. The van der Waals surface area contributed by atoms with Crippen LogP contribution in [0.3, 0.4) is 0 Å². The molecule has 1 aromatic rings. The molecule has 0 aromatic heterocycles. The Kier molecular flexibility index (Phi) is 4.21. The number of nitrogens with zero attached hydrogens (tertiary/aromatic N) is 1. The van der Waals surface area contributed by atoms with E-state index >= 15 is 0 Å². The molecule has 0 fully saturated rings. The zero-order valence-electron chi connectivity index (χ0n) is 11.1. The number of rotatable bonds is 4. The van der Waals surface area contributed by atoms with E-state index in [4.69, 9.17) is 10.5 Å². The van der Waals surface area contributed by atoms with Crippen LogP contribution in [0.15, 0.2) is 12.1 Å². The second-order valence-electron chi connectivity index (χ2n) is 4.64. The maximum Gasteiger partial charge on any atom is 0.167 e. The van der Waals surface area contributed by atoms with Crippen LogP contribution in [0.5, 0.6) is 5.75 Å². The highest BCUT2D eigenvalue weighted by atomic mass is 19.1. The van der Waals surface area contributed by atoms with Gasteiger partial charge in [0.15, 0.2) is 11.6 Å². The Morgan fingerprint density at radius 2 is 1.88 bits per heavy atom. The van der Waals surface area contributed by atoms with Crippen LogP contribution in [0.2, 0.25) is 0 Å². The second kappa shape index (κ2) is 5.25. The Bertz CT molecular complexity index is 393. The first kappa shape index (κ1) is 13.6. The first-order valence-corrected chi connectivity index (χ1v) is 5.74. The van der Waals surface area contributed by atoms with Crippen molar-refractivity contribution < 1.29 is 9.13 Å². The number of hydrogen-bond donors (Lipinski definition) is 1. The zero-order valence-corrected chi connectivity index (χ0v) is 11.1. The molecular weight excluding hydrogens is 219 g/mol. The molecule has 3 nitrogen and oxygen atoms in total. The van der Waals surface area contributed by atoms with Crippen LogP contribution in [0.1, 0.15) is 20.8 Å². The number of hydrogen-bond acceptors (Lipinski definition) is 3. The summed E-state index contributed by atoms with van der Waals surface area (Å²) in [6, 6.07) is 3.26. The van der Waals surface area contributed by atoms with Crippen molar-refractivity contribution in [3.8, 4) is 5.75 Å². The first-order chi connectivity index (χ1) is 7.88. The zero-order chi connectivity index (χ0) is 13.2. The van der Waals surface area contributed by atoms with Gasteiger partial charge >= 0.3 is 0 Å². The van der Waals surface area contributed by atoms with Crippen LogP contribution >= 0.6 is 0 Å². The molecule has 0 spiro atoms. The number of ether oxygens (including phenoxy) is 1. The molecule has 0 radical (unpaired) electrons. The molecule has 2 N–H and O–H groups in total. The average Bonchev–Trinajstić information content (AvgIpc) is 2.27. The van der Waals surface area contributed by atoms with Crippen LogP contribution in [-0.4, -0.2) is 20.2 Å². The molecule has 0 saturated carbocycles. The maximum absolute atomic E-state index is 13.4. The van der Waals surface area contributed by atoms with E-state index in [0.717, 1.165) is 5.69 Å². The van der Waals surface area contributed by atoms with Crippen molar-refractivity contribution >= 4 is 11.4 Å². The lowest BCUT2D eigenvalue weighted by Gasteiger charge is -2.31. The molecule has 0 aliphatic heterocycles. The molecule has 0 saturated heterocycles. The SMILES string of the molecule is COc1cc(N(C)C(C)C(C)C)c(N)cc1F. The van der Waals surface area contributed by atoms with Crippen molar-refractivity contribution in [2.75, 3.05) is 24.8 Å². The highest BCUT2D eigenvalue weighted by Crippen LogP contribution is 2.32. The maximum atomic E-state index is 13.4. The molecular formula is C13H21FN2O. The smallest absolute Gasteiger partial charge is 0.167 e. The summed E-state index contributed by atoms with van der Waals surface area (Å²) >= 11 is 0. The predicted octanol–water partition coefficient (Wildman–Crippen LogP) is 2.90. The van der Waals surface area contributed by atoms with Crippen molar-refractivity contribution in [3.63, 3.8) is 0 Å². The number of nitrogen functional groups attached to an aromatic ring is 1. The van der Waals surface area contributed by atoms with Gasteiger partial charge in [-0.2, -0.15) is 0 Å². The van der Waals surface area contributed by atoms with Crippen molar-refractivity contribution in [2.24, 2.45) is 5.92 Å². The highest BCUT2D eigenvalue weighted by Gasteiger charge is 2.18. The lowest BCUT2D eigenvalue weighted by Crippen LogP contribution is -2.33. The van der Waals surface area contributed by atoms with Crippen molar-refractivity contribution in [3.05, 3.63) is 17.9 Å². The predicted molar refractivity (Wildman–Crippen MR) is 70.1 cm³/mol. The number of benzene rings is 1. The molecule has 17 heavy (non-hydrogen) atoms. The van der Waals surface area contributed by atoms with E-state index in [1.807, 2.05) is 11.9 Å². The van der Waals surface area contributed by atoms with Crippen LogP contribution in [0.25, 0.3) is 0 Å². The normalized spacial score (nSPS) is 12.6. The van der Waals surface area contributed by atoms with Gasteiger partial charge in [0.25, 0.3) is 0 Å². The monoisotopic (exact) mass is 240 g/mol. The molecule has 1 atom stereocenters.